The second-order valence-corrected chi connectivity index (χ2v) is 3.49. The largest absolute Gasteiger partial charge is 0.398 e. The molecule has 3 N–H and O–H groups in total. The van der Waals surface area contributed by atoms with Crippen molar-refractivity contribution >= 4 is 5.69 Å². The lowest BCUT2D eigenvalue weighted by molar-refractivity contribution is -0.0769. The predicted molar refractivity (Wildman–Crippen MR) is 54.7 cm³/mol. The highest BCUT2D eigenvalue weighted by Gasteiger charge is 2.32. The van der Waals surface area contributed by atoms with E-state index in [-0.39, 0.29) is 6.10 Å². The Morgan fingerprint density at radius 1 is 1.64 bits per heavy atom. The average Bonchev–Trinajstić information content (AvgIpc) is 2.17. The monoisotopic (exact) mass is 196 g/mol. The Morgan fingerprint density at radius 3 is 2.79 bits per heavy atom. The van der Waals surface area contributed by atoms with Crippen LogP contribution in [0.15, 0.2) is 18.5 Å². The summed E-state index contributed by atoms with van der Waals surface area (Å²) in [6, 6.07) is 1.66. The number of anilines is 1. The molecule has 0 aromatic carbocycles. The third kappa shape index (κ3) is 1.86. The standard InChI is InChI=1S/C10H16N2O2/c1-7(14-3)10(2,13)8-6-12-5-4-9(8)11/h4-7,13H,1-3H3,(H2,11,12). The van der Waals surface area contributed by atoms with Gasteiger partial charge >= 0.3 is 0 Å². The lowest BCUT2D eigenvalue weighted by Crippen LogP contribution is -2.36. The average molecular weight is 196 g/mol. The smallest absolute Gasteiger partial charge is 0.116 e. The van der Waals surface area contributed by atoms with Crippen LogP contribution in [0.1, 0.15) is 19.4 Å². The van der Waals surface area contributed by atoms with E-state index in [0.717, 1.165) is 0 Å². The maximum Gasteiger partial charge on any atom is 0.116 e. The number of methoxy groups -OCH3 is 1. The van der Waals surface area contributed by atoms with Crippen LogP contribution in [-0.4, -0.2) is 23.3 Å². The molecule has 0 saturated heterocycles. The van der Waals surface area contributed by atoms with Gasteiger partial charge in [0.15, 0.2) is 0 Å². The topological polar surface area (TPSA) is 68.4 Å². The molecular weight excluding hydrogens is 180 g/mol. The highest BCUT2D eigenvalue weighted by atomic mass is 16.5. The van der Waals surface area contributed by atoms with E-state index in [1.807, 2.05) is 0 Å². The zero-order chi connectivity index (χ0) is 10.8. The van der Waals surface area contributed by atoms with Crippen LogP contribution >= 0.6 is 0 Å². The van der Waals surface area contributed by atoms with E-state index in [2.05, 4.69) is 4.98 Å². The van der Waals surface area contributed by atoms with Crippen LogP contribution in [0.2, 0.25) is 0 Å². The minimum Gasteiger partial charge on any atom is -0.398 e. The first-order valence-electron chi connectivity index (χ1n) is 4.45. The second-order valence-electron chi connectivity index (χ2n) is 3.49. The molecule has 1 rings (SSSR count). The van der Waals surface area contributed by atoms with Crippen molar-refractivity contribution in [3.63, 3.8) is 0 Å². The summed E-state index contributed by atoms with van der Waals surface area (Å²) in [7, 11) is 1.55. The minimum absolute atomic E-state index is 0.339. The van der Waals surface area contributed by atoms with Gasteiger partial charge in [0.05, 0.1) is 6.10 Å². The normalized spacial score (nSPS) is 17.4. The fourth-order valence-corrected chi connectivity index (χ4v) is 1.28. The summed E-state index contributed by atoms with van der Waals surface area (Å²) in [4.78, 5) is 3.93. The van der Waals surface area contributed by atoms with E-state index in [9.17, 15) is 5.11 Å². The number of nitrogens with zero attached hydrogens (tertiary/aromatic N) is 1. The van der Waals surface area contributed by atoms with Gasteiger partial charge in [-0.15, -0.1) is 0 Å². The molecule has 4 nitrogen and oxygen atoms in total. The first-order valence-corrected chi connectivity index (χ1v) is 4.45. The summed E-state index contributed by atoms with van der Waals surface area (Å²) < 4.78 is 5.09. The molecule has 0 spiro atoms. The molecule has 1 aromatic rings. The van der Waals surface area contributed by atoms with Crippen LogP contribution in [0.25, 0.3) is 0 Å². The van der Waals surface area contributed by atoms with Gasteiger partial charge in [-0.05, 0) is 19.9 Å². The number of aliphatic hydroxyl groups is 1. The Hall–Kier alpha value is -1.13. The lowest BCUT2D eigenvalue weighted by atomic mass is 9.91. The van der Waals surface area contributed by atoms with Crippen LogP contribution in [-0.2, 0) is 10.3 Å². The SMILES string of the molecule is COC(C)C(C)(O)c1cnccc1N. The maximum atomic E-state index is 10.2. The van der Waals surface area contributed by atoms with Gasteiger partial charge in [-0.2, -0.15) is 0 Å². The molecule has 0 fully saturated rings. The molecule has 0 saturated carbocycles. The van der Waals surface area contributed by atoms with Gasteiger partial charge in [0.2, 0.25) is 0 Å². The van der Waals surface area contributed by atoms with Gasteiger partial charge in [-0.1, -0.05) is 0 Å². The number of hydrogen-bond donors (Lipinski definition) is 2. The van der Waals surface area contributed by atoms with Crippen molar-refractivity contribution in [1.29, 1.82) is 0 Å². The van der Waals surface area contributed by atoms with Gasteiger partial charge in [0.25, 0.3) is 0 Å². The van der Waals surface area contributed by atoms with Gasteiger partial charge in [-0.3, -0.25) is 4.98 Å². The van der Waals surface area contributed by atoms with Crippen molar-refractivity contribution in [2.24, 2.45) is 0 Å². The molecule has 0 amide bonds. The molecule has 0 bridgehead atoms. The third-order valence-corrected chi connectivity index (χ3v) is 2.55. The molecule has 0 radical (unpaired) electrons. The number of aromatic nitrogens is 1. The highest BCUT2D eigenvalue weighted by molar-refractivity contribution is 5.47. The van der Waals surface area contributed by atoms with Crippen LogP contribution < -0.4 is 5.73 Å². The molecule has 78 valence electrons. The van der Waals surface area contributed by atoms with Crippen molar-refractivity contribution in [3.05, 3.63) is 24.0 Å². The van der Waals surface area contributed by atoms with E-state index < -0.39 is 5.60 Å². The Balaban J connectivity index is 3.09. The summed E-state index contributed by atoms with van der Waals surface area (Å²) in [5.74, 6) is 0. The first kappa shape index (κ1) is 10.9. The molecule has 1 heterocycles. The maximum absolute atomic E-state index is 10.2. The number of nitrogens with two attached hydrogens (primary N) is 1. The summed E-state index contributed by atoms with van der Waals surface area (Å²) in [6.45, 7) is 3.45. The number of pyridine rings is 1. The first-order chi connectivity index (χ1) is 6.50. The summed E-state index contributed by atoms with van der Waals surface area (Å²) in [5, 5.41) is 10.2. The molecule has 0 aliphatic carbocycles. The van der Waals surface area contributed by atoms with E-state index in [4.69, 9.17) is 10.5 Å². The Kier molecular flexibility index (Phi) is 3.08. The summed E-state index contributed by atoms with van der Waals surface area (Å²) >= 11 is 0. The second kappa shape index (κ2) is 3.94. The molecule has 14 heavy (non-hydrogen) atoms. The Morgan fingerprint density at radius 2 is 2.29 bits per heavy atom. The Labute approximate surface area is 83.7 Å². The van der Waals surface area contributed by atoms with E-state index in [0.29, 0.717) is 11.3 Å². The lowest BCUT2D eigenvalue weighted by Gasteiger charge is -2.30. The number of ether oxygens (including phenoxy) is 1. The van der Waals surface area contributed by atoms with E-state index >= 15 is 0 Å². The van der Waals surface area contributed by atoms with Crippen LogP contribution in [0.4, 0.5) is 5.69 Å². The van der Waals surface area contributed by atoms with Crippen molar-refractivity contribution in [2.75, 3.05) is 12.8 Å². The van der Waals surface area contributed by atoms with Crippen LogP contribution in [0.5, 0.6) is 0 Å². The fraction of sp³-hybridized carbons (Fsp3) is 0.500. The van der Waals surface area contributed by atoms with E-state index in [1.54, 1.807) is 39.4 Å². The van der Waals surface area contributed by atoms with Crippen molar-refractivity contribution in [3.8, 4) is 0 Å². The molecule has 2 unspecified atom stereocenters. The quantitative estimate of drug-likeness (QED) is 0.753. The summed E-state index contributed by atoms with van der Waals surface area (Å²) in [6.07, 6.45) is 2.81. The van der Waals surface area contributed by atoms with Crippen molar-refractivity contribution < 1.29 is 9.84 Å². The van der Waals surface area contributed by atoms with Gasteiger partial charge in [0, 0.05) is 30.8 Å². The molecule has 1 aromatic heterocycles. The molecule has 4 heteroatoms. The van der Waals surface area contributed by atoms with E-state index in [1.165, 1.54) is 0 Å². The molecule has 0 aliphatic rings. The summed E-state index contributed by atoms with van der Waals surface area (Å²) in [5.41, 5.74) is 5.74. The van der Waals surface area contributed by atoms with Crippen molar-refractivity contribution in [2.45, 2.75) is 25.6 Å². The zero-order valence-electron chi connectivity index (χ0n) is 8.69. The minimum atomic E-state index is -1.12. The number of nitrogen functional groups attached to an aromatic ring is 1. The van der Waals surface area contributed by atoms with Crippen LogP contribution in [0.3, 0.4) is 0 Å². The molecule has 0 aliphatic heterocycles. The van der Waals surface area contributed by atoms with Crippen LogP contribution in [0, 0.1) is 0 Å². The molecular formula is C10H16N2O2. The predicted octanol–water partition coefficient (Wildman–Crippen LogP) is 0.906. The van der Waals surface area contributed by atoms with Gasteiger partial charge in [0.1, 0.15) is 5.60 Å². The zero-order valence-corrected chi connectivity index (χ0v) is 8.69. The fourth-order valence-electron chi connectivity index (χ4n) is 1.28. The number of hydrogen-bond acceptors (Lipinski definition) is 4. The highest BCUT2D eigenvalue weighted by Crippen LogP contribution is 2.29. The van der Waals surface area contributed by atoms with Crippen molar-refractivity contribution in [1.82, 2.24) is 4.98 Å². The molecule has 2 atom stereocenters. The Bertz CT molecular complexity index is 313. The third-order valence-electron chi connectivity index (χ3n) is 2.55. The van der Waals surface area contributed by atoms with Gasteiger partial charge < -0.3 is 15.6 Å². The number of rotatable bonds is 3. The van der Waals surface area contributed by atoms with Gasteiger partial charge in [-0.25, -0.2) is 0 Å².